The minimum atomic E-state index is -1.36. The highest BCUT2D eigenvalue weighted by Crippen LogP contribution is 2.18. The van der Waals surface area contributed by atoms with Crippen molar-refractivity contribution >= 4 is 58.4 Å². The van der Waals surface area contributed by atoms with E-state index in [2.05, 4.69) is 26.6 Å². The predicted octanol–water partition coefficient (Wildman–Crippen LogP) is 3.55. The number of carbonyl (C=O) groups excluding carboxylic acids is 3. The second-order valence-electron chi connectivity index (χ2n) is 13.0. The average Bonchev–Trinajstić information content (AvgIpc) is 2.97. The SMILES string of the molecule is CC(C)CC(NC(=O)Cc1ccc(NC(=S)Nc2ccccc2)cc1)C(=O)NC(CCOCC(NC(=O)CC(C)(C)C)C(=O)O)C(=O)O. The summed E-state index contributed by atoms with van der Waals surface area (Å²) in [5.74, 6) is -4.13. The Morgan fingerprint density at radius 1 is 0.771 bits per heavy atom. The number of carboxylic acids is 2. The third kappa shape index (κ3) is 15.8. The zero-order valence-electron chi connectivity index (χ0n) is 28.0. The highest BCUT2D eigenvalue weighted by atomic mass is 32.1. The van der Waals surface area contributed by atoms with Crippen molar-refractivity contribution in [2.24, 2.45) is 11.3 Å². The molecule has 262 valence electrons. The molecule has 0 fully saturated rings. The summed E-state index contributed by atoms with van der Waals surface area (Å²) in [6.45, 7) is 8.69. The Morgan fingerprint density at radius 2 is 1.33 bits per heavy atom. The number of para-hydroxylation sites is 1. The quantitative estimate of drug-likeness (QED) is 0.0896. The van der Waals surface area contributed by atoms with Crippen LogP contribution in [-0.2, 0) is 35.1 Å². The van der Waals surface area contributed by atoms with Crippen LogP contribution in [0.2, 0.25) is 0 Å². The summed E-state index contributed by atoms with van der Waals surface area (Å²) in [4.78, 5) is 61.7. The molecule has 0 aliphatic rings. The van der Waals surface area contributed by atoms with Gasteiger partial charge in [0.25, 0.3) is 0 Å². The number of nitrogens with one attached hydrogen (secondary N) is 5. The number of aliphatic carboxylic acids is 2. The van der Waals surface area contributed by atoms with Gasteiger partial charge in [0.2, 0.25) is 17.7 Å². The van der Waals surface area contributed by atoms with Gasteiger partial charge in [-0.3, -0.25) is 14.4 Å². The van der Waals surface area contributed by atoms with Crippen molar-refractivity contribution in [3.63, 3.8) is 0 Å². The number of carbonyl (C=O) groups is 5. The van der Waals surface area contributed by atoms with E-state index in [9.17, 15) is 34.2 Å². The van der Waals surface area contributed by atoms with E-state index in [1.807, 2.05) is 65.0 Å². The lowest BCUT2D eigenvalue weighted by atomic mass is 9.92. The van der Waals surface area contributed by atoms with E-state index in [-0.39, 0.29) is 50.2 Å². The first kappa shape index (κ1) is 39.6. The molecule has 0 bridgehead atoms. The van der Waals surface area contributed by atoms with E-state index in [4.69, 9.17) is 17.0 Å². The van der Waals surface area contributed by atoms with Crippen LogP contribution < -0.4 is 26.6 Å². The van der Waals surface area contributed by atoms with Gasteiger partial charge in [-0.25, -0.2) is 9.59 Å². The summed E-state index contributed by atoms with van der Waals surface area (Å²) in [5.41, 5.74) is 1.91. The van der Waals surface area contributed by atoms with Gasteiger partial charge in [0.1, 0.15) is 12.1 Å². The maximum Gasteiger partial charge on any atom is 0.328 e. The Bertz CT molecular complexity index is 1400. The molecule has 0 saturated heterocycles. The molecule has 7 N–H and O–H groups in total. The molecular weight excluding hydrogens is 638 g/mol. The lowest BCUT2D eigenvalue weighted by Crippen LogP contribution is -2.52. The van der Waals surface area contributed by atoms with Gasteiger partial charge < -0.3 is 41.5 Å². The Kier molecular flexibility index (Phi) is 15.9. The van der Waals surface area contributed by atoms with Gasteiger partial charge in [-0.05, 0) is 59.8 Å². The molecule has 2 rings (SSSR count). The van der Waals surface area contributed by atoms with Crippen LogP contribution in [0, 0.1) is 11.3 Å². The summed E-state index contributed by atoms with van der Waals surface area (Å²) in [5, 5.41) is 33.3. The van der Waals surface area contributed by atoms with Crippen molar-refractivity contribution in [2.75, 3.05) is 23.8 Å². The molecular formula is C34H47N5O8S. The highest BCUT2D eigenvalue weighted by Gasteiger charge is 2.28. The van der Waals surface area contributed by atoms with Crippen molar-refractivity contribution < 1.29 is 38.9 Å². The Balaban J connectivity index is 1.90. The van der Waals surface area contributed by atoms with Gasteiger partial charge in [0, 0.05) is 30.8 Å². The van der Waals surface area contributed by atoms with Gasteiger partial charge in [-0.2, -0.15) is 0 Å². The molecule has 48 heavy (non-hydrogen) atoms. The number of carboxylic acid groups (broad SMARTS) is 2. The standard InChI is InChI=1S/C34H47N5O8S/c1-21(2)17-26(37-28(40)18-22-11-13-24(14-12-22)36-33(48)35-23-9-7-6-8-10-23)30(42)39-25(31(43)44)15-16-47-20-27(32(45)46)38-29(41)19-34(3,4)5/h6-14,21,25-27H,15-20H2,1-5H3,(H,37,40)(H,38,41)(H,39,42)(H,43,44)(H,45,46)(H2,35,36,48). The lowest BCUT2D eigenvalue weighted by molar-refractivity contribution is -0.145. The first-order valence-electron chi connectivity index (χ1n) is 15.7. The van der Waals surface area contributed by atoms with Gasteiger partial charge in [0.15, 0.2) is 11.2 Å². The van der Waals surface area contributed by atoms with Crippen LogP contribution in [-0.4, -0.2) is 76.3 Å². The number of hydrogen-bond donors (Lipinski definition) is 7. The first-order chi connectivity index (χ1) is 22.5. The number of hydrogen-bond acceptors (Lipinski definition) is 7. The van der Waals surface area contributed by atoms with Crippen LogP contribution in [0.4, 0.5) is 11.4 Å². The molecule has 2 aromatic rings. The monoisotopic (exact) mass is 685 g/mol. The topological polar surface area (TPSA) is 195 Å². The number of ether oxygens (including phenoxy) is 1. The molecule has 3 amide bonds. The summed E-state index contributed by atoms with van der Waals surface area (Å²) < 4.78 is 5.37. The first-order valence-corrected chi connectivity index (χ1v) is 16.1. The number of thiocarbonyl (C=S) groups is 1. The third-order valence-electron chi connectivity index (χ3n) is 6.74. The summed E-state index contributed by atoms with van der Waals surface area (Å²) in [6, 6.07) is 12.9. The molecule has 0 aliphatic carbocycles. The van der Waals surface area contributed by atoms with Crippen LogP contribution in [0.5, 0.6) is 0 Å². The van der Waals surface area contributed by atoms with E-state index in [0.717, 1.165) is 11.4 Å². The van der Waals surface area contributed by atoms with Crippen molar-refractivity contribution in [2.45, 2.75) is 78.4 Å². The fraction of sp³-hybridized carbons (Fsp3) is 0.471. The number of anilines is 2. The molecule has 0 radical (unpaired) electrons. The fourth-order valence-corrected chi connectivity index (χ4v) is 4.72. The van der Waals surface area contributed by atoms with Gasteiger partial charge >= 0.3 is 11.9 Å². The maximum atomic E-state index is 13.1. The molecule has 0 heterocycles. The van der Waals surface area contributed by atoms with E-state index in [1.165, 1.54) is 0 Å². The molecule has 0 saturated carbocycles. The minimum absolute atomic E-state index is 0.00722. The number of amides is 3. The van der Waals surface area contributed by atoms with Crippen molar-refractivity contribution in [3.8, 4) is 0 Å². The van der Waals surface area contributed by atoms with Crippen LogP contribution in [0.25, 0.3) is 0 Å². The van der Waals surface area contributed by atoms with Gasteiger partial charge in [-0.15, -0.1) is 0 Å². The zero-order chi connectivity index (χ0) is 35.9. The van der Waals surface area contributed by atoms with E-state index >= 15 is 0 Å². The molecule has 0 aromatic heterocycles. The summed E-state index contributed by atoms with van der Waals surface area (Å²) in [6.07, 6.45) is 0.201. The smallest absolute Gasteiger partial charge is 0.328 e. The molecule has 13 nitrogen and oxygen atoms in total. The second kappa shape index (κ2) is 19.3. The normalized spacial score (nSPS) is 13.0. The molecule has 3 unspecified atom stereocenters. The predicted molar refractivity (Wildman–Crippen MR) is 186 cm³/mol. The molecule has 0 aliphatic heterocycles. The maximum absolute atomic E-state index is 13.1. The minimum Gasteiger partial charge on any atom is -0.480 e. The van der Waals surface area contributed by atoms with Gasteiger partial charge in [0.05, 0.1) is 13.0 Å². The fourth-order valence-electron chi connectivity index (χ4n) is 4.49. The van der Waals surface area contributed by atoms with Crippen LogP contribution >= 0.6 is 12.2 Å². The molecule has 3 atom stereocenters. The Hall–Kier alpha value is -4.56. The molecule has 14 heteroatoms. The van der Waals surface area contributed by atoms with E-state index < -0.39 is 47.8 Å². The number of rotatable bonds is 18. The van der Waals surface area contributed by atoms with E-state index in [0.29, 0.717) is 10.7 Å². The Morgan fingerprint density at radius 3 is 1.88 bits per heavy atom. The largest absolute Gasteiger partial charge is 0.480 e. The number of benzene rings is 2. The van der Waals surface area contributed by atoms with Crippen LogP contribution in [0.3, 0.4) is 0 Å². The third-order valence-corrected chi connectivity index (χ3v) is 6.95. The Labute approximate surface area is 286 Å². The second-order valence-corrected chi connectivity index (χ2v) is 13.4. The van der Waals surface area contributed by atoms with Crippen molar-refractivity contribution in [1.82, 2.24) is 16.0 Å². The molecule has 0 spiro atoms. The lowest BCUT2D eigenvalue weighted by Gasteiger charge is -2.23. The molecule has 2 aromatic carbocycles. The van der Waals surface area contributed by atoms with Crippen LogP contribution in [0.1, 0.15) is 59.4 Å². The van der Waals surface area contributed by atoms with Crippen molar-refractivity contribution in [1.29, 1.82) is 0 Å². The summed E-state index contributed by atoms with van der Waals surface area (Å²) >= 11 is 5.35. The zero-order valence-corrected chi connectivity index (χ0v) is 28.8. The summed E-state index contributed by atoms with van der Waals surface area (Å²) in [7, 11) is 0. The van der Waals surface area contributed by atoms with Crippen LogP contribution in [0.15, 0.2) is 54.6 Å². The van der Waals surface area contributed by atoms with Crippen molar-refractivity contribution in [3.05, 3.63) is 60.2 Å². The van der Waals surface area contributed by atoms with Gasteiger partial charge in [-0.1, -0.05) is 65.0 Å². The average molecular weight is 686 g/mol. The highest BCUT2D eigenvalue weighted by molar-refractivity contribution is 7.80. The van der Waals surface area contributed by atoms with E-state index in [1.54, 1.807) is 24.3 Å².